The maximum atomic E-state index is 10.6. The Morgan fingerprint density at radius 3 is 1.79 bits per heavy atom. The maximum absolute atomic E-state index is 10.6. The van der Waals surface area contributed by atoms with E-state index in [-0.39, 0.29) is 0 Å². The molecular weight excluding hydrogens is 392 g/mol. The molecule has 10 atom stereocenters. The van der Waals surface area contributed by atoms with Crippen molar-refractivity contribution < 1.29 is 54.3 Å². The summed E-state index contributed by atoms with van der Waals surface area (Å²) in [6.07, 6.45) is -12.5. The molecule has 11 nitrogen and oxygen atoms in total. The van der Waals surface area contributed by atoms with E-state index >= 15 is 0 Å². The summed E-state index contributed by atoms with van der Waals surface area (Å²) in [6, 6.07) is 0. The van der Waals surface area contributed by atoms with Crippen LogP contribution in [0.3, 0.4) is 0 Å². The largest absolute Gasteiger partial charge is 0.394 e. The van der Waals surface area contributed by atoms with E-state index in [0.29, 0.717) is 6.42 Å². The molecule has 2 rings (SSSR count). The van der Waals surface area contributed by atoms with Gasteiger partial charge in [-0.1, -0.05) is 6.92 Å². The molecule has 2 heterocycles. The lowest BCUT2D eigenvalue weighted by atomic mass is 9.96. The van der Waals surface area contributed by atoms with Crippen molar-refractivity contribution in [2.75, 3.05) is 20.3 Å². The first kappa shape index (κ1) is 24.8. The molecule has 172 valence electrons. The third-order valence-electron chi connectivity index (χ3n) is 5.49. The molecule has 0 radical (unpaired) electrons. The molecule has 0 aromatic heterocycles. The smallest absolute Gasteiger partial charge is 0.187 e. The predicted octanol–water partition coefficient (Wildman–Crippen LogP) is -2.53. The van der Waals surface area contributed by atoms with E-state index in [4.69, 9.17) is 23.7 Å². The van der Waals surface area contributed by atoms with Crippen LogP contribution in [0.25, 0.3) is 0 Å². The molecule has 11 heteroatoms. The van der Waals surface area contributed by atoms with Gasteiger partial charge in [0.15, 0.2) is 12.6 Å². The highest BCUT2D eigenvalue weighted by molar-refractivity contribution is 4.94. The average Bonchev–Trinajstić information content (AvgIpc) is 2.70. The lowest BCUT2D eigenvalue weighted by Gasteiger charge is -2.47. The minimum atomic E-state index is -1.57. The molecule has 0 saturated carbocycles. The predicted molar refractivity (Wildman–Crippen MR) is 96.6 cm³/mol. The summed E-state index contributed by atoms with van der Waals surface area (Å²) in [5.74, 6) is 0. The fourth-order valence-electron chi connectivity index (χ4n) is 3.33. The Morgan fingerprint density at radius 1 is 0.793 bits per heavy atom. The Bertz CT molecular complexity index is 500. The third kappa shape index (κ3) is 5.43. The third-order valence-corrected chi connectivity index (χ3v) is 5.49. The molecule has 0 bridgehead atoms. The van der Waals surface area contributed by atoms with Gasteiger partial charge in [0, 0.05) is 7.11 Å². The van der Waals surface area contributed by atoms with Gasteiger partial charge >= 0.3 is 0 Å². The van der Waals surface area contributed by atoms with Crippen molar-refractivity contribution in [3.63, 3.8) is 0 Å². The van der Waals surface area contributed by atoms with Gasteiger partial charge in [0.25, 0.3) is 0 Å². The van der Waals surface area contributed by atoms with E-state index < -0.39 is 80.2 Å². The lowest BCUT2D eigenvalue weighted by molar-refractivity contribution is -0.368. The van der Waals surface area contributed by atoms with Crippen LogP contribution in [0.15, 0.2) is 0 Å². The molecule has 2 aliphatic rings. The molecule has 0 aliphatic carbocycles. The van der Waals surface area contributed by atoms with Gasteiger partial charge in [-0.05, 0) is 20.3 Å². The number of hydrogen-bond donors (Lipinski definition) is 6. The average molecular weight is 426 g/mol. The lowest BCUT2D eigenvalue weighted by Crippen LogP contribution is -2.65. The molecule has 0 amide bonds. The van der Waals surface area contributed by atoms with Gasteiger partial charge in [0.1, 0.15) is 48.8 Å². The second kappa shape index (κ2) is 10.2. The Balaban J connectivity index is 2.13. The van der Waals surface area contributed by atoms with Crippen LogP contribution in [0.1, 0.15) is 27.2 Å². The number of aliphatic hydroxyl groups excluding tert-OH is 6. The zero-order valence-corrected chi connectivity index (χ0v) is 17.1. The van der Waals surface area contributed by atoms with Gasteiger partial charge in [-0.15, -0.1) is 0 Å². The van der Waals surface area contributed by atoms with Crippen LogP contribution in [0.2, 0.25) is 0 Å². The number of hydrogen-bond acceptors (Lipinski definition) is 11. The SMILES string of the molecule is CCC(C)(C)OC1OC(CO)C(OC2OC(CO)C(OC)C(O)C2O)C(O)C1O. The molecule has 29 heavy (non-hydrogen) atoms. The summed E-state index contributed by atoms with van der Waals surface area (Å²) in [5.41, 5.74) is -0.643. The maximum Gasteiger partial charge on any atom is 0.187 e. The van der Waals surface area contributed by atoms with E-state index in [1.807, 2.05) is 6.92 Å². The minimum absolute atomic E-state index is 0.514. The van der Waals surface area contributed by atoms with Gasteiger partial charge in [-0.3, -0.25) is 0 Å². The molecule has 10 unspecified atom stereocenters. The van der Waals surface area contributed by atoms with Crippen LogP contribution in [-0.2, 0) is 23.7 Å². The summed E-state index contributed by atoms with van der Waals surface area (Å²) in [7, 11) is 1.29. The van der Waals surface area contributed by atoms with Gasteiger partial charge in [0.2, 0.25) is 0 Å². The first-order valence-corrected chi connectivity index (χ1v) is 9.71. The molecule has 0 aromatic carbocycles. The van der Waals surface area contributed by atoms with Crippen molar-refractivity contribution in [1.29, 1.82) is 0 Å². The molecule has 2 fully saturated rings. The Hall–Kier alpha value is -0.440. The zero-order chi connectivity index (χ0) is 21.9. The van der Waals surface area contributed by atoms with Crippen molar-refractivity contribution in [2.24, 2.45) is 0 Å². The van der Waals surface area contributed by atoms with Crippen molar-refractivity contribution in [2.45, 2.75) is 94.2 Å². The Kier molecular flexibility index (Phi) is 8.77. The number of methoxy groups -OCH3 is 1. The van der Waals surface area contributed by atoms with Crippen LogP contribution in [-0.4, -0.2) is 118 Å². The van der Waals surface area contributed by atoms with Gasteiger partial charge in [0.05, 0.1) is 18.8 Å². The summed E-state index contributed by atoms with van der Waals surface area (Å²) in [5, 5.41) is 60.7. The van der Waals surface area contributed by atoms with Gasteiger partial charge in [-0.2, -0.15) is 0 Å². The standard InChI is InChI=1S/C18H34O11/c1-5-18(2,3)29-17-13(24)11(22)15(9(7-20)27-17)28-16-12(23)10(21)14(25-4)8(6-19)26-16/h8-17,19-24H,5-7H2,1-4H3. The number of aliphatic hydroxyl groups is 6. The van der Waals surface area contributed by atoms with Crippen molar-refractivity contribution in [1.82, 2.24) is 0 Å². The van der Waals surface area contributed by atoms with E-state index in [9.17, 15) is 30.6 Å². The van der Waals surface area contributed by atoms with Crippen molar-refractivity contribution in [3.8, 4) is 0 Å². The first-order valence-electron chi connectivity index (χ1n) is 9.71. The molecule has 0 spiro atoms. The Labute approximate surface area is 169 Å². The molecular formula is C18H34O11. The zero-order valence-electron chi connectivity index (χ0n) is 17.1. The normalized spacial score (nSPS) is 44.1. The summed E-state index contributed by atoms with van der Waals surface area (Å²) in [6.45, 7) is 4.39. The van der Waals surface area contributed by atoms with Crippen LogP contribution in [0, 0.1) is 0 Å². The molecule has 0 aromatic rings. The summed E-state index contributed by atoms with van der Waals surface area (Å²) in [4.78, 5) is 0. The molecule has 2 saturated heterocycles. The fourth-order valence-corrected chi connectivity index (χ4v) is 3.33. The fraction of sp³-hybridized carbons (Fsp3) is 1.00. The highest BCUT2D eigenvalue weighted by Crippen LogP contribution is 2.31. The highest BCUT2D eigenvalue weighted by Gasteiger charge is 2.51. The summed E-state index contributed by atoms with van der Waals surface area (Å²) < 4.78 is 27.4. The van der Waals surface area contributed by atoms with E-state index in [1.54, 1.807) is 13.8 Å². The molecule has 6 N–H and O–H groups in total. The van der Waals surface area contributed by atoms with Crippen molar-refractivity contribution in [3.05, 3.63) is 0 Å². The minimum Gasteiger partial charge on any atom is -0.394 e. The van der Waals surface area contributed by atoms with E-state index in [2.05, 4.69) is 0 Å². The first-order chi connectivity index (χ1) is 13.6. The van der Waals surface area contributed by atoms with Crippen LogP contribution in [0.4, 0.5) is 0 Å². The monoisotopic (exact) mass is 426 g/mol. The highest BCUT2D eigenvalue weighted by atomic mass is 16.7. The van der Waals surface area contributed by atoms with E-state index in [1.165, 1.54) is 7.11 Å². The quantitative estimate of drug-likeness (QED) is 0.242. The van der Waals surface area contributed by atoms with Gasteiger partial charge < -0.3 is 54.3 Å². The topological polar surface area (TPSA) is 168 Å². The van der Waals surface area contributed by atoms with Crippen LogP contribution in [0.5, 0.6) is 0 Å². The summed E-state index contributed by atoms with van der Waals surface area (Å²) >= 11 is 0. The van der Waals surface area contributed by atoms with Crippen molar-refractivity contribution >= 4 is 0 Å². The van der Waals surface area contributed by atoms with Gasteiger partial charge in [-0.25, -0.2) is 0 Å². The number of rotatable bonds is 8. The Morgan fingerprint density at radius 2 is 1.28 bits per heavy atom. The number of ether oxygens (including phenoxy) is 5. The van der Waals surface area contributed by atoms with E-state index in [0.717, 1.165) is 0 Å². The second-order valence-electron chi connectivity index (χ2n) is 7.95. The van der Waals surface area contributed by atoms with Crippen LogP contribution >= 0.6 is 0 Å². The second-order valence-corrected chi connectivity index (χ2v) is 7.95. The molecule has 2 aliphatic heterocycles. The van der Waals surface area contributed by atoms with Crippen LogP contribution < -0.4 is 0 Å².